The van der Waals surface area contributed by atoms with Crippen LogP contribution in [0.2, 0.25) is 0 Å². The largest absolute Gasteiger partial charge is 0.496 e. The van der Waals surface area contributed by atoms with Crippen molar-refractivity contribution in [1.82, 2.24) is 4.90 Å². The summed E-state index contributed by atoms with van der Waals surface area (Å²) in [4.78, 5) is 13.9. The number of carbonyl (C=O) groups excluding carboxylic acids is 1. The van der Waals surface area contributed by atoms with Crippen molar-refractivity contribution in [1.29, 1.82) is 0 Å². The van der Waals surface area contributed by atoms with E-state index < -0.39 is 0 Å². The minimum atomic E-state index is -0.0965. The molecular weight excluding hydrogens is 240 g/mol. The molecule has 0 saturated heterocycles. The average molecular weight is 264 g/mol. The fourth-order valence-electron chi connectivity index (χ4n) is 2.12. The predicted octanol–water partition coefficient (Wildman–Crippen LogP) is 1.95. The highest BCUT2D eigenvalue weighted by Gasteiger charge is 2.19. The van der Waals surface area contributed by atoms with Crippen LogP contribution in [-0.2, 0) is 11.3 Å². The van der Waals surface area contributed by atoms with Crippen molar-refractivity contribution in [2.45, 2.75) is 26.8 Å². The Morgan fingerprint density at radius 3 is 2.68 bits per heavy atom. The first-order valence-corrected chi connectivity index (χ1v) is 6.62. The zero-order valence-electron chi connectivity index (χ0n) is 12.3. The van der Waals surface area contributed by atoms with Gasteiger partial charge in [0.1, 0.15) is 5.75 Å². The molecule has 0 spiro atoms. The number of aryl methyl sites for hydroxylation is 1. The molecule has 4 heteroatoms. The number of methoxy groups -OCH3 is 1. The molecule has 2 N–H and O–H groups in total. The summed E-state index contributed by atoms with van der Waals surface area (Å²) < 4.78 is 5.33. The lowest BCUT2D eigenvalue weighted by Gasteiger charge is -2.23. The SMILES string of the molecule is CCC(CN)C(=O)N(C)Cc1cc(C)ccc1OC. The summed E-state index contributed by atoms with van der Waals surface area (Å²) in [6.45, 7) is 4.95. The smallest absolute Gasteiger partial charge is 0.226 e. The van der Waals surface area contributed by atoms with Gasteiger partial charge in [0, 0.05) is 25.7 Å². The molecular formula is C15H24N2O2. The highest BCUT2D eigenvalue weighted by Crippen LogP contribution is 2.21. The number of carbonyl (C=O) groups is 1. The molecule has 0 aliphatic carbocycles. The number of hydrogen-bond acceptors (Lipinski definition) is 3. The van der Waals surface area contributed by atoms with Gasteiger partial charge in [0.05, 0.1) is 13.0 Å². The van der Waals surface area contributed by atoms with E-state index >= 15 is 0 Å². The Balaban J connectivity index is 2.84. The first kappa shape index (κ1) is 15.5. The van der Waals surface area contributed by atoms with E-state index in [-0.39, 0.29) is 11.8 Å². The molecule has 1 atom stereocenters. The Bertz CT molecular complexity index is 428. The molecule has 1 unspecified atom stereocenters. The number of nitrogens with zero attached hydrogens (tertiary/aromatic N) is 1. The summed E-state index contributed by atoms with van der Waals surface area (Å²) >= 11 is 0. The molecule has 0 aliphatic rings. The van der Waals surface area contributed by atoms with Crippen LogP contribution in [0.3, 0.4) is 0 Å². The van der Waals surface area contributed by atoms with Crippen LogP contribution in [0.25, 0.3) is 0 Å². The number of hydrogen-bond donors (Lipinski definition) is 1. The third-order valence-corrected chi connectivity index (χ3v) is 3.35. The lowest BCUT2D eigenvalue weighted by molar-refractivity contribution is -0.134. The Labute approximate surface area is 115 Å². The molecule has 0 aromatic heterocycles. The van der Waals surface area contributed by atoms with Crippen LogP contribution >= 0.6 is 0 Å². The standard InChI is InChI=1S/C15H24N2O2/c1-5-12(9-16)15(18)17(3)10-13-8-11(2)6-7-14(13)19-4/h6-8,12H,5,9-10,16H2,1-4H3. The van der Waals surface area contributed by atoms with Gasteiger partial charge < -0.3 is 15.4 Å². The van der Waals surface area contributed by atoms with Crippen molar-refractivity contribution in [3.63, 3.8) is 0 Å². The maximum absolute atomic E-state index is 12.2. The summed E-state index contributed by atoms with van der Waals surface area (Å²) in [6, 6.07) is 5.98. The van der Waals surface area contributed by atoms with E-state index in [9.17, 15) is 4.79 Å². The Morgan fingerprint density at radius 2 is 2.16 bits per heavy atom. The maximum atomic E-state index is 12.2. The van der Waals surface area contributed by atoms with Crippen LogP contribution in [0.5, 0.6) is 5.75 Å². The van der Waals surface area contributed by atoms with E-state index in [2.05, 4.69) is 0 Å². The van der Waals surface area contributed by atoms with Gasteiger partial charge in [0.15, 0.2) is 0 Å². The first-order valence-electron chi connectivity index (χ1n) is 6.62. The van der Waals surface area contributed by atoms with Gasteiger partial charge in [-0.3, -0.25) is 4.79 Å². The molecule has 0 aliphatic heterocycles. The van der Waals surface area contributed by atoms with Gasteiger partial charge in [-0.05, 0) is 19.4 Å². The minimum Gasteiger partial charge on any atom is -0.496 e. The Kier molecular flexibility index (Phi) is 5.83. The third-order valence-electron chi connectivity index (χ3n) is 3.35. The number of rotatable bonds is 6. The number of benzene rings is 1. The summed E-state index contributed by atoms with van der Waals surface area (Å²) in [5, 5.41) is 0. The lowest BCUT2D eigenvalue weighted by atomic mass is 10.0. The quantitative estimate of drug-likeness (QED) is 0.854. The lowest BCUT2D eigenvalue weighted by Crippen LogP contribution is -2.36. The molecule has 1 aromatic carbocycles. The van der Waals surface area contributed by atoms with Crippen molar-refractivity contribution >= 4 is 5.91 Å². The van der Waals surface area contributed by atoms with Crippen molar-refractivity contribution in [3.05, 3.63) is 29.3 Å². The van der Waals surface area contributed by atoms with Crippen molar-refractivity contribution in [3.8, 4) is 5.75 Å². The highest BCUT2D eigenvalue weighted by molar-refractivity contribution is 5.78. The summed E-state index contributed by atoms with van der Waals surface area (Å²) in [7, 11) is 3.45. The Morgan fingerprint density at radius 1 is 1.47 bits per heavy atom. The van der Waals surface area contributed by atoms with E-state index in [0.717, 1.165) is 23.3 Å². The van der Waals surface area contributed by atoms with Crippen LogP contribution in [0.4, 0.5) is 0 Å². The van der Waals surface area contributed by atoms with Crippen LogP contribution < -0.4 is 10.5 Å². The monoisotopic (exact) mass is 264 g/mol. The maximum Gasteiger partial charge on any atom is 0.226 e. The molecule has 0 radical (unpaired) electrons. The van der Waals surface area contributed by atoms with Gasteiger partial charge >= 0.3 is 0 Å². The van der Waals surface area contributed by atoms with Gasteiger partial charge in [-0.25, -0.2) is 0 Å². The van der Waals surface area contributed by atoms with E-state index in [0.29, 0.717) is 13.1 Å². The summed E-state index contributed by atoms with van der Waals surface area (Å²) in [5.74, 6) is 0.806. The normalized spacial score (nSPS) is 12.1. The predicted molar refractivity (Wildman–Crippen MR) is 77.0 cm³/mol. The molecule has 106 valence electrons. The summed E-state index contributed by atoms with van der Waals surface area (Å²) in [6.07, 6.45) is 0.768. The molecule has 4 nitrogen and oxygen atoms in total. The Hall–Kier alpha value is -1.55. The third kappa shape index (κ3) is 3.96. The molecule has 0 heterocycles. The van der Waals surface area contributed by atoms with Crippen LogP contribution in [0.1, 0.15) is 24.5 Å². The van der Waals surface area contributed by atoms with Gasteiger partial charge in [0.25, 0.3) is 0 Å². The average Bonchev–Trinajstić information content (AvgIpc) is 2.40. The van der Waals surface area contributed by atoms with Gasteiger partial charge in [-0.2, -0.15) is 0 Å². The fraction of sp³-hybridized carbons (Fsp3) is 0.533. The second-order valence-corrected chi connectivity index (χ2v) is 4.85. The van der Waals surface area contributed by atoms with Crippen molar-refractivity contribution in [2.24, 2.45) is 11.7 Å². The van der Waals surface area contributed by atoms with E-state index in [1.165, 1.54) is 0 Å². The molecule has 1 aromatic rings. The van der Waals surface area contributed by atoms with Gasteiger partial charge in [0.2, 0.25) is 5.91 Å². The first-order chi connectivity index (χ1) is 9.03. The minimum absolute atomic E-state index is 0.0913. The van der Waals surface area contributed by atoms with E-state index in [4.69, 9.17) is 10.5 Å². The van der Waals surface area contributed by atoms with Crippen molar-refractivity contribution in [2.75, 3.05) is 20.7 Å². The number of nitrogens with two attached hydrogens (primary N) is 1. The molecule has 19 heavy (non-hydrogen) atoms. The zero-order valence-corrected chi connectivity index (χ0v) is 12.3. The van der Waals surface area contributed by atoms with Crippen LogP contribution in [0, 0.1) is 12.8 Å². The second-order valence-electron chi connectivity index (χ2n) is 4.85. The topological polar surface area (TPSA) is 55.6 Å². The second kappa shape index (κ2) is 7.14. The van der Waals surface area contributed by atoms with Gasteiger partial charge in [-0.15, -0.1) is 0 Å². The molecule has 0 fully saturated rings. The van der Waals surface area contributed by atoms with Crippen molar-refractivity contribution < 1.29 is 9.53 Å². The van der Waals surface area contributed by atoms with E-state index in [1.54, 1.807) is 12.0 Å². The number of ether oxygens (including phenoxy) is 1. The van der Waals surface area contributed by atoms with Crippen LogP contribution in [-0.4, -0.2) is 31.5 Å². The van der Waals surface area contributed by atoms with Gasteiger partial charge in [-0.1, -0.05) is 24.6 Å². The zero-order chi connectivity index (χ0) is 14.4. The number of amides is 1. The van der Waals surface area contributed by atoms with Crippen LogP contribution in [0.15, 0.2) is 18.2 Å². The molecule has 0 saturated carbocycles. The molecule has 0 bridgehead atoms. The molecule has 1 rings (SSSR count). The molecule has 1 amide bonds. The summed E-state index contributed by atoms with van der Waals surface area (Å²) in [5.41, 5.74) is 7.80. The van der Waals surface area contributed by atoms with E-state index in [1.807, 2.05) is 39.1 Å². The highest BCUT2D eigenvalue weighted by atomic mass is 16.5. The fourth-order valence-corrected chi connectivity index (χ4v) is 2.12.